The number of piperidine rings is 1. The Morgan fingerprint density at radius 2 is 2.29 bits per heavy atom. The van der Waals surface area contributed by atoms with Crippen LogP contribution in [0.1, 0.15) is 31.7 Å². The topological polar surface area (TPSA) is 40.5 Å². The monoisotopic (exact) mass is 305 g/mol. The van der Waals surface area contributed by atoms with Crippen molar-refractivity contribution in [2.75, 3.05) is 19.6 Å². The molecule has 4 heteroatoms. The lowest BCUT2D eigenvalue weighted by Crippen LogP contribution is -2.49. The lowest BCUT2D eigenvalue weighted by Gasteiger charge is -2.40. The van der Waals surface area contributed by atoms with Crippen molar-refractivity contribution < 1.29 is 9.90 Å². The van der Waals surface area contributed by atoms with Crippen LogP contribution in [0, 0.1) is 5.41 Å². The van der Waals surface area contributed by atoms with Crippen LogP contribution >= 0.6 is 11.8 Å². The minimum Gasteiger partial charge on any atom is -0.481 e. The molecule has 3 nitrogen and oxygen atoms in total. The molecule has 0 saturated carbocycles. The Labute approximate surface area is 130 Å². The first-order valence-electron chi connectivity index (χ1n) is 7.83. The SMILES string of the molecule is CCC1(C(=O)O)CCCN(CC2Cc3ccccc3S2)C1. The number of rotatable bonds is 4. The average molecular weight is 305 g/mol. The van der Waals surface area contributed by atoms with Crippen molar-refractivity contribution in [1.29, 1.82) is 0 Å². The molecule has 0 radical (unpaired) electrons. The molecule has 21 heavy (non-hydrogen) atoms. The van der Waals surface area contributed by atoms with E-state index >= 15 is 0 Å². The fourth-order valence-corrected chi connectivity index (χ4v) is 5.01. The molecule has 2 unspecified atom stereocenters. The smallest absolute Gasteiger partial charge is 0.310 e. The molecule has 1 aromatic carbocycles. The maximum absolute atomic E-state index is 11.6. The lowest BCUT2D eigenvalue weighted by molar-refractivity contribution is -0.152. The zero-order valence-corrected chi connectivity index (χ0v) is 13.4. The molecule has 3 rings (SSSR count). The van der Waals surface area contributed by atoms with E-state index in [1.165, 1.54) is 10.5 Å². The summed E-state index contributed by atoms with van der Waals surface area (Å²) in [6, 6.07) is 8.62. The third-order valence-electron chi connectivity index (χ3n) is 4.96. The van der Waals surface area contributed by atoms with E-state index in [1.54, 1.807) is 0 Å². The number of carbonyl (C=O) groups is 1. The Bertz CT molecular complexity index is 508. The van der Waals surface area contributed by atoms with Gasteiger partial charge in [-0.25, -0.2) is 0 Å². The van der Waals surface area contributed by atoms with Gasteiger partial charge in [0.05, 0.1) is 5.41 Å². The van der Waals surface area contributed by atoms with E-state index in [2.05, 4.69) is 29.2 Å². The summed E-state index contributed by atoms with van der Waals surface area (Å²) < 4.78 is 0. The first-order chi connectivity index (χ1) is 10.1. The predicted molar refractivity (Wildman–Crippen MR) is 85.8 cm³/mol. The van der Waals surface area contributed by atoms with Gasteiger partial charge in [0.2, 0.25) is 0 Å². The Morgan fingerprint density at radius 1 is 1.48 bits per heavy atom. The second-order valence-electron chi connectivity index (χ2n) is 6.33. The van der Waals surface area contributed by atoms with Crippen LogP contribution in [0.5, 0.6) is 0 Å². The summed E-state index contributed by atoms with van der Waals surface area (Å²) in [4.78, 5) is 15.4. The first-order valence-corrected chi connectivity index (χ1v) is 8.71. The summed E-state index contributed by atoms with van der Waals surface area (Å²) in [5, 5.41) is 10.2. The molecule has 1 saturated heterocycles. The number of hydrogen-bond acceptors (Lipinski definition) is 3. The van der Waals surface area contributed by atoms with E-state index in [4.69, 9.17) is 0 Å². The fraction of sp³-hybridized carbons (Fsp3) is 0.588. The quantitative estimate of drug-likeness (QED) is 0.927. The molecular formula is C17H23NO2S. The molecule has 114 valence electrons. The summed E-state index contributed by atoms with van der Waals surface area (Å²) in [7, 11) is 0. The van der Waals surface area contributed by atoms with Gasteiger partial charge in [0.25, 0.3) is 0 Å². The lowest BCUT2D eigenvalue weighted by atomic mass is 9.77. The fourth-order valence-electron chi connectivity index (χ4n) is 3.64. The van der Waals surface area contributed by atoms with Gasteiger partial charge in [-0.3, -0.25) is 4.79 Å². The number of aliphatic carboxylic acids is 1. The summed E-state index contributed by atoms with van der Waals surface area (Å²) in [5.74, 6) is -0.614. The van der Waals surface area contributed by atoms with Gasteiger partial charge in [0, 0.05) is 23.2 Å². The molecule has 2 heterocycles. The van der Waals surface area contributed by atoms with E-state index in [0.29, 0.717) is 11.8 Å². The highest BCUT2D eigenvalue weighted by Crippen LogP contribution is 2.39. The number of fused-ring (bicyclic) bond motifs is 1. The number of carboxylic acids is 1. The zero-order valence-electron chi connectivity index (χ0n) is 12.5. The van der Waals surface area contributed by atoms with Crippen LogP contribution in [0.4, 0.5) is 0 Å². The molecule has 0 spiro atoms. The van der Waals surface area contributed by atoms with Crippen molar-refractivity contribution in [1.82, 2.24) is 4.90 Å². The van der Waals surface area contributed by atoms with Crippen LogP contribution in [0.2, 0.25) is 0 Å². The average Bonchev–Trinajstić information content (AvgIpc) is 2.89. The Kier molecular flexibility index (Phi) is 4.27. The first kappa shape index (κ1) is 14.9. The highest BCUT2D eigenvalue weighted by atomic mass is 32.2. The molecule has 2 atom stereocenters. The summed E-state index contributed by atoms with van der Waals surface area (Å²) in [5.41, 5.74) is 0.929. The molecule has 1 fully saturated rings. The van der Waals surface area contributed by atoms with E-state index in [1.807, 2.05) is 18.7 Å². The van der Waals surface area contributed by atoms with E-state index in [-0.39, 0.29) is 0 Å². The van der Waals surface area contributed by atoms with Gasteiger partial charge in [0.1, 0.15) is 0 Å². The molecule has 0 aliphatic carbocycles. The zero-order chi connectivity index (χ0) is 14.9. The van der Waals surface area contributed by atoms with Gasteiger partial charge in [-0.1, -0.05) is 25.1 Å². The molecule has 0 amide bonds. The van der Waals surface area contributed by atoms with Crippen LogP contribution in [-0.2, 0) is 11.2 Å². The second-order valence-corrected chi connectivity index (χ2v) is 7.67. The molecular weight excluding hydrogens is 282 g/mol. The van der Waals surface area contributed by atoms with Crippen molar-refractivity contribution >= 4 is 17.7 Å². The summed E-state index contributed by atoms with van der Waals surface area (Å²) >= 11 is 1.96. The van der Waals surface area contributed by atoms with Crippen molar-refractivity contribution in [3.8, 4) is 0 Å². The van der Waals surface area contributed by atoms with Crippen molar-refractivity contribution in [2.24, 2.45) is 5.41 Å². The molecule has 2 aliphatic heterocycles. The third-order valence-corrected chi connectivity index (χ3v) is 6.26. The summed E-state index contributed by atoms with van der Waals surface area (Å²) in [6.07, 6.45) is 3.68. The number of carboxylic acid groups (broad SMARTS) is 1. The van der Waals surface area contributed by atoms with Gasteiger partial charge in [0.15, 0.2) is 0 Å². The van der Waals surface area contributed by atoms with Crippen LogP contribution in [0.25, 0.3) is 0 Å². The standard InChI is InChI=1S/C17H23NO2S/c1-2-17(16(19)20)8-5-9-18(12-17)11-14-10-13-6-3-4-7-15(13)21-14/h3-4,6-7,14H,2,5,8-12H2,1H3,(H,19,20). The number of likely N-dealkylation sites (tertiary alicyclic amines) is 1. The summed E-state index contributed by atoms with van der Waals surface area (Å²) in [6.45, 7) is 4.78. The van der Waals surface area contributed by atoms with Crippen molar-refractivity contribution in [3.63, 3.8) is 0 Å². The predicted octanol–water partition coefficient (Wildman–Crippen LogP) is 3.28. The maximum atomic E-state index is 11.6. The normalized spacial score (nSPS) is 29.3. The Morgan fingerprint density at radius 3 is 3.00 bits per heavy atom. The van der Waals surface area contributed by atoms with Gasteiger partial charge in [-0.2, -0.15) is 0 Å². The van der Waals surface area contributed by atoms with E-state index < -0.39 is 11.4 Å². The van der Waals surface area contributed by atoms with E-state index in [9.17, 15) is 9.90 Å². The van der Waals surface area contributed by atoms with Gasteiger partial charge in [-0.15, -0.1) is 11.8 Å². The van der Waals surface area contributed by atoms with E-state index in [0.717, 1.165) is 38.8 Å². The van der Waals surface area contributed by atoms with Crippen LogP contribution in [0.15, 0.2) is 29.2 Å². The Balaban J connectivity index is 1.63. The highest BCUT2D eigenvalue weighted by Gasteiger charge is 2.41. The van der Waals surface area contributed by atoms with Gasteiger partial charge >= 0.3 is 5.97 Å². The Hall–Kier alpha value is -1.00. The largest absolute Gasteiger partial charge is 0.481 e. The highest BCUT2D eigenvalue weighted by molar-refractivity contribution is 8.00. The minimum absolute atomic E-state index is 0.519. The van der Waals surface area contributed by atoms with Crippen molar-refractivity contribution in [2.45, 2.75) is 42.8 Å². The van der Waals surface area contributed by atoms with Crippen LogP contribution < -0.4 is 0 Å². The second kappa shape index (κ2) is 6.01. The molecule has 0 aromatic heterocycles. The number of thioether (sulfide) groups is 1. The molecule has 1 N–H and O–H groups in total. The minimum atomic E-state index is -0.614. The van der Waals surface area contributed by atoms with Crippen LogP contribution in [0.3, 0.4) is 0 Å². The third kappa shape index (κ3) is 2.97. The van der Waals surface area contributed by atoms with Gasteiger partial charge in [-0.05, 0) is 43.9 Å². The number of benzene rings is 1. The molecule has 2 aliphatic rings. The molecule has 0 bridgehead atoms. The van der Waals surface area contributed by atoms with Crippen molar-refractivity contribution in [3.05, 3.63) is 29.8 Å². The number of nitrogens with zero attached hydrogens (tertiary/aromatic N) is 1. The molecule has 1 aromatic rings. The maximum Gasteiger partial charge on any atom is 0.310 e. The number of hydrogen-bond donors (Lipinski definition) is 1. The van der Waals surface area contributed by atoms with Crippen LogP contribution in [-0.4, -0.2) is 40.9 Å². The van der Waals surface area contributed by atoms with Gasteiger partial charge < -0.3 is 10.0 Å².